The highest BCUT2D eigenvalue weighted by Crippen LogP contribution is 2.37. The van der Waals surface area contributed by atoms with Gasteiger partial charge in [0.1, 0.15) is 11.7 Å². The SMILES string of the molecule is CC[C@H](O)[C@@H](C)[C@H]1O[C@@H]1CC(C)(O)/C=C/C=C(\C)[C@H]1OC(=O)C[C@H](O)CC[C@@](C)(OC)[C@@H](OC(=O)N2CCNC(CCC(=O)O)C2)/C=C/[C@@H]1C. The number of aliphatic hydroxyl groups excluding tert-OH is 2. The van der Waals surface area contributed by atoms with Crippen LogP contribution in [-0.2, 0) is 28.5 Å². The number of esters is 1. The van der Waals surface area contributed by atoms with Gasteiger partial charge in [0, 0.05) is 57.5 Å². The Morgan fingerprint density at radius 3 is 2.68 bits per heavy atom. The minimum Gasteiger partial charge on any atom is -0.481 e. The molecule has 3 aliphatic rings. The van der Waals surface area contributed by atoms with Crippen LogP contribution in [0.5, 0.6) is 0 Å². The molecule has 0 bridgehead atoms. The molecule has 3 rings (SSSR count). The Labute approximate surface area is 296 Å². The standard InChI is InChI=1S/C37H60N2O11/c1-8-28(41)25(4)34-29(48-34)21-36(5,46)16-9-10-23(2)33-24(3)11-13-30(37(6,47-7)17-15-27(40)20-32(44)50-33)49-35(45)39-19-18-38-26(22-39)12-14-31(42)43/h9-11,13,16,24-30,33-34,38,40-41,46H,8,12,14-15,17-22H2,1-7H3,(H,42,43)/b13-11+,16-9+,23-10+/t24-,25+,26?,27+,28-,29+,30-,33+,34+,36?,37+/m0/s1. The van der Waals surface area contributed by atoms with E-state index in [-0.39, 0.29) is 55.8 Å². The molecule has 0 aromatic heterocycles. The fourth-order valence-corrected chi connectivity index (χ4v) is 6.67. The number of carbonyl (C=O) groups is 3. The number of carbonyl (C=O) groups excluding carboxylic acids is 2. The predicted molar refractivity (Wildman–Crippen MR) is 186 cm³/mol. The number of allylic oxidation sites excluding steroid dienone is 2. The molecule has 284 valence electrons. The number of amides is 1. The Morgan fingerprint density at radius 1 is 1.30 bits per heavy atom. The van der Waals surface area contributed by atoms with Crippen LogP contribution >= 0.6 is 0 Å². The van der Waals surface area contributed by atoms with Gasteiger partial charge in [0.25, 0.3) is 0 Å². The Morgan fingerprint density at radius 2 is 2.02 bits per heavy atom. The Balaban J connectivity index is 1.77. The first-order valence-corrected chi connectivity index (χ1v) is 17.9. The summed E-state index contributed by atoms with van der Waals surface area (Å²) in [6.45, 7) is 12.3. The number of nitrogens with zero attached hydrogens (tertiary/aromatic N) is 1. The summed E-state index contributed by atoms with van der Waals surface area (Å²) in [5.41, 5.74) is -1.50. The van der Waals surface area contributed by atoms with Crippen LogP contribution in [0.15, 0.2) is 36.0 Å². The van der Waals surface area contributed by atoms with Crippen molar-refractivity contribution in [2.24, 2.45) is 11.8 Å². The van der Waals surface area contributed by atoms with Crippen molar-refractivity contribution in [2.75, 3.05) is 26.7 Å². The molecule has 5 N–H and O–H groups in total. The van der Waals surface area contributed by atoms with E-state index in [2.05, 4.69) is 5.32 Å². The van der Waals surface area contributed by atoms with Crippen molar-refractivity contribution in [3.63, 3.8) is 0 Å². The van der Waals surface area contributed by atoms with Crippen molar-refractivity contribution >= 4 is 18.0 Å². The summed E-state index contributed by atoms with van der Waals surface area (Å²) in [7, 11) is 1.51. The molecule has 3 aliphatic heterocycles. The number of ether oxygens (including phenoxy) is 4. The fourth-order valence-electron chi connectivity index (χ4n) is 6.67. The molecule has 11 atom stereocenters. The van der Waals surface area contributed by atoms with Crippen molar-refractivity contribution in [1.29, 1.82) is 0 Å². The van der Waals surface area contributed by atoms with E-state index in [9.17, 15) is 29.7 Å². The first-order chi connectivity index (χ1) is 23.5. The number of piperazine rings is 1. The predicted octanol–water partition coefficient (Wildman–Crippen LogP) is 3.50. The topological polar surface area (TPSA) is 188 Å². The third-order valence-corrected chi connectivity index (χ3v) is 10.3. The average Bonchev–Trinajstić information content (AvgIpc) is 3.83. The Bertz CT molecular complexity index is 1240. The molecule has 2 fully saturated rings. The number of nitrogens with one attached hydrogen (secondary N) is 1. The summed E-state index contributed by atoms with van der Waals surface area (Å²) in [6.07, 6.45) is 6.52. The van der Waals surface area contributed by atoms with Gasteiger partial charge in [0.2, 0.25) is 0 Å². The summed E-state index contributed by atoms with van der Waals surface area (Å²) in [4.78, 5) is 39.0. The maximum Gasteiger partial charge on any atom is 0.410 e. The molecule has 50 heavy (non-hydrogen) atoms. The van der Waals surface area contributed by atoms with Crippen LogP contribution in [0.1, 0.15) is 86.5 Å². The van der Waals surface area contributed by atoms with Crippen LogP contribution in [0.2, 0.25) is 0 Å². The third-order valence-electron chi connectivity index (χ3n) is 10.3. The molecular weight excluding hydrogens is 648 g/mol. The molecule has 0 saturated carbocycles. The molecule has 2 saturated heterocycles. The maximum atomic E-state index is 13.5. The van der Waals surface area contributed by atoms with Crippen molar-refractivity contribution < 1.29 is 53.8 Å². The van der Waals surface area contributed by atoms with Crippen LogP contribution < -0.4 is 5.32 Å². The van der Waals surface area contributed by atoms with Crippen molar-refractivity contribution in [1.82, 2.24) is 10.2 Å². The number of methoxy groups -OCH3 is 1. The monoisotopic (exact) mass is 708 g/mol. The molecule has 13 heteroatoms. The molecular formula is C37H60N2O11. The number of rotatable bonds is 13. The number of cyclic esters (lactones) is 1. The van der Waals surface area contributed by atoms with Crippen molar-refractivity contribution in [3.05, 3.63) is 36.0 Å². The minimum atomic E-state index is -1.17. The normalized spacial score (nSPS) is 34.4. The lowest BCUT2D eigenvalue weighted by molar-refractivity contribution is -0.151. The van der Waals surface area contributed by atoms with Gasteiger partial charge in [-0.25, -0.2) is 4.79 Å². The van der Waals surface area contributed by atoms with Gasteiger partial charge in [-0.3, -0.25) is 9.59 Å². The van der Waals surface area contributed by atoms with Crippen LogP contribution in [0, 0.1) is 11.8 Å². The average molecular weight is 709 g/mol. The number of aliphatic hydroxyl groups is 3. The molecule has 13 nitrogen and oxygen atoms in total. The molecule has 0 spiro atoms. The quantitative estimate of drug-likeness (QED) is 0.0813. The van der Waals surface area contributed by atoms with Gasteiger partial charge < -0.3 is 49.6 Å². The number of hydrogen-bond acceptors (Lipinski definition) is 11. The van der Waals surface area contributed by atoms with E-state index in [1.165, 1.54) is 7.11 Å². The highest BCUT2D eigenvalue weighted by atomic mass is 16.6. The molecule has 0 radical (unpaired) electrons. The zero-order chi connectivity index (χ0) is 37.2. The first-order valence-electron chi connectivity index (χ1n) is 17.9. The van der Waals surface area contributed by atoms with Crippen LogP contribution in [-0.4, -0.2) is 124 Å². The summed E-state index contributed by atoms with van der Waals surface area (Å²) in [6, 6.07) is -0.173. The molecule has 0 aromatic rings. The summed E-state index contributed by atoms with van der Waals surface area (Å²) in [5, 5.41) is 44.3. The van der Waals surface area contributed by atoms with Crippen molar-refractivity contribution in [3.8, 4) is 0 Å². The van der Waals surface area contributed by atoms with Crippen LogP contribution in [0.3, 0.4) is 0 Å². The number of hydrogen-bond donors (Lipinski definition) is 5. The lowest BCUT2D eigenvalue weighted by Gasteiger charge is -2.38. The zero-order valence-electron chi connectivity index (χ0n) is 30.7. The van der Waals surface area contributed by atoms with Gasteiger partial charge in [0.15, 0.2) is 6.10 Å². The lowest BCUT2D eigenvalue weighted by Crippen LogP contribution is -2.54. The number of carboxylic acid groups (broad SMARTS) is 1. The molecule has 3 heterocycles. The van der Waals surface area contributed by atoms with Gasteiger partial charge in [-0.2, -0.15) is 0 Å². The molecule has 2 unspecified atom stereocenters. The molecule has 1 amide bonds. The molecule has 0 aliphatic carbocycles. The van der Waals surface area contributed by atoms with E-state index in [4.69, 9.17) is 24.1 Å². The van der Waals surface area contributed by atoms with Gasteiger partial charge in [-0.15, -0.1) is 0 Å². The smallest absolute Gasteiger partial charge is 0.410 e. The highest BCUT2D eigenvalue weighted by Gasteiger charge is 2.47. The van der Waals surface area contributed by atoms with Crippen molar-refractivity contribution in [2.45, 2.75) is 140 Å². The fraction of sp³-hybridized carbons (Fsp3) is 0.757. The highest BCUT2D eigenvalue weighted by molar-refractivity contribution is 5.70. The van der Waals surface area contributed by atoms with Crippen LogP contribution in [0.4, 0.5) is 4.79 Å². The molecule has 0 aromatic carbocycles. The lowest BCUT2D eigenvalue weighted by atomic mass is 9.88. The number of epoxide rings is 1. The van der Waals surface area contributed by atoms with E-state index in [0.29, 0.717) is 44.5 Å². The largest absolute Gasteiger partial charge is 0.481 e. The summed E-state index contributed by atoms with van der Waals surface area (Å²) < 4.78 is 23.6. The first kappa shape index (κ1) is 41.6. The second-order valence-electron chi connectivity index (χ2n) is 14.7. The van der Waals surface area contributed by atoms with Gasteiger partial charge in [-0.1, -0.05) is 45.1 Å². The van der Waals surface area contributed by atoms with Gasteiger partial charge in [-0.05, 0) is 58.1 Å². The summed E-state index contributed by atoms with van der Waals surface area (Å²) in [5.74, 6) is -1.85. The van der Waals surface area contributed by atoms with E-state index in [1.54, 1.807) is 43.1 Å². The minimum absolute atomic E-state index is 0.0112. The Hall–Kier alpha value is -2.81. The Kier molecular flexibility index (Phi) is 15.5. The van der Waals surface area contributed by atoms with E-state index < -0.39 is 53.6 Å². The third kappa shape index (κ3) is 12.4. The van der Waals surface area contributed by atoms with Gasteiger partial charge >= 0.3 is 18.0 Å². The van der Waals surface area contributed by atoms with Crippen LogP contribution in [0.25, 0.3) is 0 Å². The number of aliphatic carboxylic acids is 1. The second-order valence-corrected chi connectivity index (χ2v) is 14.7. The second kappa shape index (κ2) is 18.6. The maximum absolute atomic E-state index is 13.5. The van der Waals surface area contributed by atoms with E-state index >= 15 is 0 Å². The number of carboxylic acids is 1. The van der Waals surface area contributed by atoms with Gasteiger partial charge in [0.05, 0.1) is 36.4 Å². The zero-order valence-corrected chi connectivity index (χ0v) is 30.7. The van der Waals surface area contributed by atoms with E-state index in [1.807, 2.05) is 33.8 Å². The summed E-state index contributed by atoms with van der Waals surface area (Å²) >= 11 is 0. The van der Waals surface area contributed by atoms with E-state index in [0.717, 1.165) is 0 Å².